The Morgan fingerprint density at radius 2 is 1.63 bits per heavy atom. The lowest BCUT2D eigenvalue weighted by Gasteiger charge is -2.61. The number of nitrogens with one attached hydrogen (secondary N) is 1. The van der Waals surface area contributed by atoms with Crippen molar-refractivity contribution in [3.05, 3.63) is 35.3 Å². The van der Waals surface area contributed by atoms with Gasteiger partial charge in [-0.3, -0.25) is 9.69 Å². The molecule has 54 heavy (non-hydrogen) atoms. The number of amides is 1. The van der Waals surface area contributed by atoms with Crippen LogP contribution in [0.25, 0.3) is 0 Å². The molecule has 1 amide bonds. The molecule has 2 aliphatic heterocycles. The fourth-order valence-corrected chi connectivity index (χ4v) is 11.7. The number of nitrogens with zero attached hydrogens (tertiary/aromatic N) is 5. The Morgan fingerprint density at radius 1 is 0.944 bits per heavy atom. The minimum atomic E-state index is -3.58. The third-order valence-electron chi connectivity index (χ3n) is 14.1. The van der Waals surface area contributed by atoms with Crippen LogP contribution in [0, 0.1) is 17.8 Å². The summed E-state index contributed by atoms with van der Waals surface area (Å²) >= 11 is 0. The van der Waals surface area contributed by atoms with Gasteiger partial charge >= 0.3 is 5.97 Å². The average molecular weight is 759 g/mol. The van der Waals surface area contributed by atoms with Crippen molar-refractivity contribution in [1.82, 2.24) is 25.2 Å². The molecule has 8 aliphatic rings. The zero-order valence-corrected chi connectivity index (χ0v) is 30.4. The Labute approximate surface area is 310 Å². The quantitative estimate of drug-likeness (QED) is 0.272. The molecule has 10 rings (SSSR count). The van der Waals surface area contributed by atoms with Gasteiger partial charge in [-0.15, -0.1) is 0 Å². The van der Waals surface area contributed by atoms with Gasteiger partial charge in [-0.05, 0) is 93.9 Å². The van der Waals surface area contributed by atoms with Crippen molar-refractivity contribution < 1.29 is 41.4 Å². The number of carbonyl (C=O) groups is 2. The normalized spacial score (nSPS) is 35.1. The second kappa shape index (κ2) is 12.4. The third-order valence-corrected chi connectivity index (χ3v) is 14.1. The number of fused-ring (bicyclic) bond motifs is 2. The first-order chi connectivity index (χ1) is 25.6. The number of carboxylic acid groups (broad SMARTS) is 1. The summed E-state index contributed by atoms with van der Waals surface area (Å²) < 4.78 is 79.7. The van der Waals surface area contributed by atoms with Crippen molar-refractivity contribution in [3.63, 3.8) is 0 Å². The number of pyridine rings is 1. The lowest BCUT2D eigenvalue weighted by Crippen LogP contribution is -2.72. The maximum absolute atomic E-state index is 15.5. The van der Waals surface area contributed by atoms with Crippen molar-refractivity contribution in [2.75, 3.05) is 24.5 Å². The summed E-state index contributed by atoms with van der Waals surface area (Å²) in [4.78, 5) is 43.9. The Hall–Kier alpha value is -3.62. The fraction of sp³-hybridized carbons (Fsp3) is 0.718. The first-order valence-electron chi connectivity index (χ1n) is 19.6. The van der Waals surface area contributed by atoms with Crippen molar-refractivity contribution >= 4 is 23.5 Å². The number of carbonyl (C=O) groups excluding carboxylic acids is 1. The number of alkyl halides is 5. The van der Waals surface area contributed by atoms with E-state index in [1.807, 2.05) is 11.0 Å². The largest absolute Gasteiger partial charge is 0.479 e. The van der Waals surface area contributed by atoms with Crippen LogP contribution in [-0.2, 0) is 16.1 Å². The molecule has 2 aromatic rings. The monoisotopic (exact) mass is 758 g/mol. The van der Waals surface area contributed by atoms with Gasteiger partial charge in [0.05, 0.1) is 30.5 Å². The number of aliphatic carboxylic acids is 1. The summed E-state index contributed by atoms with van der Waals surface area (Å²) in [6.07, 6.45) is 11.8. The molecule has 6 saturated carbocycles. The number of hydrogen-bond donors (Lipinski definition) is 2. The highest BCUT2D eigenvalue weighted by Crippen LogP contribution is 2.61. The fourth-order valence-electron chi connectivity index (χ4n) is 11.7. The molecule has 4 bridgehead atoms. The second-order valence-electron chi connectivity index (χ2n) is 17.7. The van der Waals surface area contributed by atoms with E-state index in [-0.39, 0.29) is 55.4 Å². The van der Waals surface area contributed by atoms with Crippen LogP contribution in [0.4, 0.5) is 33.6 Å². The van der Waals surface area contributed by atoms with Crippen LogP contribution in [0.1, 0.15) is 118 Å². The maximum Gasteiger partial charge on any atom is 0.330 e. The maximum atomic E-state index is 15.5. The average Bonchev–Trinajstić information content (AvgIpc) is 3.40. The summed E-state index contributed by atoms with van der Waals surface area (Å²) in [7, 11) is 0. The molecule has 2 N–H and O–H groups in total. The number of halogens is 5. The standard InChI is InChI=1S/C39H47F5N6O4/c1-35(40,41)31-27(32(51)48-39(33(52)53)23-11-22-12-24(39)16-37(42,14-22)15-23)17-46-34(47-31)50-19-36(9-3-2-4-10-36)28-13-30(45-18-29(28)50)54-26-7-5-25(6-8-26)49-20-38(43,44)21-49/h13,17-18,22-26H,2-12,14-16,19-21H2,1H3,(H,48,51)(H,52,53)/t22?,23-,24+,25-,26-,37-,39-. The lowest BCUT2D eigenvalue weighted by atomic mass is 9.47. The van der Waals surface area contributed by atoms with Crippen LogP contribution >= 0.6 is 0 Å². The molecule has 15 heteroatoms. The van der Waals surface area contributed by atoms with Crippen LogP contribution in [0.2, 0.25) is 0 Å². The Balaban J connectivity index is 0.977. The number of rotatable bonds is 8. The summed E-state index contributed by atoms with van der Waals surface area (Å²) in [5.41, 5.74) is -3.21. The Bertz CT molecular complexity index is 1820. The SMILES string of the molecule is CC(F)(F)c1nc(N2CC3(CCCCC3)c3cc(O[C@H]4CC[C@H](N5CC(F)(F)C5)CC4)ncc32)ncc1C(=O)N[C@]1(C(=O)O)[C@@H]2CC3C[C@H]1C[C@@](F)(C3)C2. The van der Waals surface area contributed by atoms with Crippen molar-refractivity contribution in [1.29, 1.82) is 0 Å². The Kier molecular flexibility index (Phi) is 8.31. The van der Waals surface area contributed by atoms with Gasteiger partial charge in [-0.25, -0.2) is 32.9 Å². The van der Waals surface area contributed by atoms with Gasteiger partial charge in [-0.2, -0.15) is 8.78 Å². The summed E-state index contributed by atoms with van der Waals surface area (Å²) in [5.74, 6) is -9.26. The van der Waals surface area contributed by atoms with E-state index >= 15 is 13.2 Å². The number of aromatic nitrogens is 3. The number of carboxylic acids is 1. The van der Waals surface area contributed by atoms with E-state index in [0.29, 0.717) is 44.3 Å². The van der Waals surface area contributed by atoms with Crippen LogP contribution in [0.5, 0.6) is 5.88 Å². The second-order valence-corrected chi connectivity index (χ2v) is 17.7. The first-order valence-corrected chi connectivity index (χ1v) is 19.6. The first kappa shape index (κ1) is 36.0. The van der Waals surface area contributed by atoms with Gasteiger partial charge in [0, 0.05) is 37.2 Å². The molecule has 1 spiro atoms. The Morgan fingerprint density at radius 3 is 2.24 bits per heavy atom. The lowest BCUT2D eigenvalue weighted by molar-refractivity contribution is -0.174. The van der Waals surface area contributed by atoms with E-state index in [1.54, 1.807) is 11.1 Å². The predicted octanol–water partition coefficient (Wildman–Crippen LogP) is 7.08. The number of likely N-dealkylation sites (tertiary alicyclic amines) is 1. The molecule has 5 atom stereocenters. The van der Waals surface area contributed by atoms with E-state index in [2.05, 4.69) is 20.3 Å². The molecule has 10 nitrogen and oxygen atoms in total. The van der Waals surface area contributed by atoms with Crippen molar-refractivity contribution in [2.24, 2.45) is 17.8 Å². The molecule has 1 saturated heterocycles. The van der Waals surface area contributed by atoms with Gasteiger partial charge in [0.15, 0.2) is 0 Å². The van der Waals surface area contributed by atoms with Crippen molar-refractivity contribution in [3.8, 4) is 5.88 Å². The number of anilines is 2. The zero-order valence-electron chi connectivity index (χ0n) is 30.4. The molecule has 6 aliphatic carbocycles. The van der Waals surface area contributed by atoms with Gasteiger partial charge < -0.3 is 20.1 Å². The molecule has 7 fully saturated rings. The van der Waals surface area contributed by atoms with E-state index < -0.39 is 58.0 Å². The molecule has 1 unspecified atom stereocenters. The van der Waals surface area contributed by atoms with Crippen LogP contribution in [0.3, 0.4) is 0 Å². The summed E-state index contributed by atoms with van der Waals surface area (Å²) in [6, 6.07) is 2.08. The third kappa shape index (κ3) is 5.93. The summed E-state index contributed by atoms with van der Waals surface area (Å²) in [6.45, 7) is 0.716. The molecule has 292 valence electrons. The number of hydrogen-bond acceptors (Lipinski definition) is 8. The van der Waals surface area contributed by atoms with E-state index in [4.69, 9.17) is 4.74 Å². The van der Waals surface area contributed by atoms with Gasteiger partial charge in [0.2, 0.25) is 11.8 Å². The molecule has 2 aromatic heterocycles. The van der Waals surface area contributed by atoms with E-state index in [9.17, 15) is 23.5 Å². The molecular formula is C39H47F5N6O4. The van der Waals surface area contributed by atoms with Crippen LogP contribution in [0.15, 0.2) is 18.5 Å². The smallest absolute Gasteiger partial charge is 0.330 e. The molecule has 0 aromatic carbocycles. The highest BCUT2D eigenvalue weighted by Gasteiger charge is 2.67. The minimum absolute atomic E-state index is 0.0132. The van der Waals surface area contributed by atoms with Gasteiger partial charge in [-0.1, -0.05) is 19.3 Å². The number of ether oxygens (including phenoxy) is 1. The molecular weight excluding hydrogens is 711 g/mol. The molecule has 4 heterocycles. The minimum Gasteiger partial charge on any atom is -0.479 e. The topological polar surface area (TPSA) is 121 Å². The van der Waals surface area contributed by atoms with Gasteiger partial charge in [0.25, 0.3) is 17.8 Å². The van der Waals surface area contributed by atoms with Gasteiger partial charge in [0.1, 0.15) is 23.0 Å². The van der Waals surface area contributed by atoms with Crippen LogP contribution < -0.4 is 15.0 Å². The molecule has 0 radical (unpaired) electrons. The summed E-state index contributed by atoms with van der Waals surface area (Å²) in [5, 5.41) is 13.2. The predicted molar refractivity (Wildman–Crippen MR) is 186 cm³/mol. The highest BCUT2D eigenvalue weighted by atomic mass is 19.3. The van der Waals surface area contributed by atoms with E-state index in [1.165, 1.54) is 0 Å². The highest BCUT2D eigenvalue weighted by molar-refractivity contribution is 5.99. The van der Waals surface area contributed by atoms with Crippen molar-refractivity contribution in [2.45, 2.75) is 137 Å². The van der Waals surface area contributed by atoms with E-state index in [0.717, 1.165) is 69.5 Å². The zero-order chi connectivity index (χ0) is 37.8. The van der Waals surface area contributed by atoms with Crippen LogP contribution in [-0.4, -0.2) is 85.7 Å².